The van der Waals surface area contributed by atoms with Crippen LogP contribution in [0.25, 0.3) is 0 Å². The van der Waals surface area contributed by atoms with Gasteiger partial charge in [0.15, 0.2) is 0 Å². The summed E-state index contributed by atoms with van der Waals surface area (Å²) in [4.78, 5) is 24.0. The largest absolute Gasteiger partial charge is 0.353 e. The zero-order chi connectivity index (χ0) is 15.8. The second-order valence-corrected chi connectivity index (χ2v) is 6.08. The lowest BCUT2D eigenvalue weighted by Crippen LogP contribution is -2.37. The van der Waals surface area contributed by atoms with Crippen LogP contribution >= 0.6 is 0 Å². The van der Waals surface area contributed by atoms with E-state index in [1.807, 2.05) is 25.1 Å². The summed E-state index contributed by atoms with van der Waals surface area (Å²) in [7, 11) is 0. The van der Waals surface area contributed by atoms with Crippen molar-refractivity contribution in [2.75, 3.05) is 6.54 Å². The normalized spacial score (nSPS) is 15.9. The molecule has 0 bridgehead atoms. The highest BCUT2D eigenvalue weighted by atomic mass is 16.2. The third-order valence-electron chi connectivity index (χ3n) is 4.25. The predicted molar refractivity (Wildman–Crippen MR) is 87.8 cm³/mol. The molecule has 0 radical (unpaired) electrons. The van der Waals surface area contributed by atoms with Crippen LogP contribution in [0, 0.1) is 6.92 Å². The van der Waals surface area contributed by atoms with E-state index in [4.69, 9.17) is 0 Å². The summed E-state index contributed by atoms with van der Waals surface area (Å²) in [6.45, 7) is 2.29. The van der Waals surface area contributed by atoms with Crippen LogP contribution in [-0.2, 0) is 4.79 Å². The van der Waals surface area contributed by atoms with E-state index in [2.05, 4.69) is 10.6 Å². The van der Waals surface area contributed by atoms with Crippen LogP contribution in [0.1, 0.15) is 60.9 Å². The number of rotatable bonds is 5. The summed E-state index contributed by atoms with van der Waals surface area (Å²) in [5.74, 6) is -0.0719. The second kappa shape index (κ2) is 8.57. The third-order valence-corrected chi connectivity index (χ3v) is 4.25. The van der Waals surface area contributed by atoms with Gasteiger partial charge in [0.2, 0.25) is 5.91 Å². The van der Waals surface area contributed by atoms with E-state index in [1.54, 1.807) is 6.07 Å². The molecule has 0 atom stereocenters. The molecular formula is C18H26N2O2. The van der Waals surface area contributed by atoms with Crippen molar-refractivity contribution in [3.8, 4) is 0 Å². The van der Waals surface area contributed by atoms with Gasteiger partial charge in [-0.15, -0.1) is 0 Å². The predicted octanol–water partition coefficient (Wildman–Crippen LogP) is 2.95. The Morgan fingerprint density at radius 2 is 1.77 bits per heavy atom. The lowest BCUT2D eigenvalue weighted by Gasteiger charge is -2.16. The Bertz CT molecular complexity index is 506. The average Bonchev–Trinajstić information content (AvgIpc) is 2.76. The molecule has 2 rings (SSSR count). The lowest BCUT2D eigenvalue weighted by molar-refractivity contribution is -0.121. The first-order chi connectivity index (χ1) is 10.7. The molecule has 2 amide bonds. The fraction of sp³-hybridized carbons (Fsp3) is 0.556. The Balaban J connectivity index is 1.70. The topological polar surface area (TPSA) is 58.2 Å². The molecule has 1 fully saturated rings. The van der Waals surface area contributed by atoms with Crippen LogP contribution in [-0.4, -0.2) is 24.4 Å². The van der Waals surface area contributed by atoms with Gasteiger partial charge in [-0.2, -0.15) is 0 Å². The Morgan fingerprint density at radius 1 is 1.09 bits per heavy atom. The SMILES string of the molecule is Cc1ccccc1C(=O)NCCC(=O)NC1CCCCCC1. The van der Waals surface area contributed by atoms with E-state index in [0.717, 1.165) is 18.4 Å². The van der Waals surface area contributed by atoms with Gasteiger partial charge in [-0.05, 0) is 31.4 Å². The molecule has 2 N–H and O–H groups in total. The van der Waals surface area contributed by atoms with Gasteiger partial charge in [0.1, 0.15) is 0 Å². The van der Waals surface area contributed by atoms with Crippen LogP contribution in [0.4, 0.5) is 0 Å². The molecule has 1 aliphatic rings. The monoisotopic (exact) mass is 302 g/mol. The van der Waals surface area contributed by atoms with Gasteiger partial charge in [-0.1, -0.05) is 43.9 Å². The molecule has 1 aromatic carbocycles. The molecule has 0 saturated heterocycles. The maximum absolute atomic E-state index is 12.0. The first-order valence-corrected chi connectivity index (χ1v) is 8.30. The van der Waals surface area contributed by atoms with Gasteiger partial charge in [0, 0.05) is 24.6 Å². The van der Waals surface area contributed by atoms with Gasteiger partial charge >= 0.3 is 0 Å². The number of amides is 2. The molecule has 0 spiro atoms. The van der Waals surface area contributed by atoms with Crippen LogP contribution in [0.15, 0.2) is 24.3 Å². The molecule has 1 saturated carbocycles. The van der Waals surface area contributed by atoms with Crippen molar-refractivity contribution in [3.05, 3.63) is 35.4 Å². The number of hydrogen-bond donors (Lipinski definition) is 2. The second-order valence-electron chi connectivity index (χ2n) is 6.08. The van der Waals surface area contributed by atoms with Crippen molar-refractivity contribution in [3.63, 3.8) is 0 Å². The smallest absolute Gasteiger partial charge is 0.251 e. The third kappa shape index (κ3) is 5.17. The molecule has 1 aromatic rings. The molecule has 4 heteroatoms. The molecular weight excluding hydrogens is 276 g/mol. The van der Waals surface area contributed by atoms with E-state index < -0.39 is 0 Å². The van der Waals surface area contributed by atoms with Gasteiger partial charge in [0.25, 0.3) is 5.91 Å². The highest BCUT2D eigenvalue weighted by molar-refractivity contribution is 5.95. The summed E-state index contributed by atoms with van der Waals surface area (Å²) in [5.41, 5.74) is 1.62. The number of carbonyl (C=O) groups excluding carboxylic acids is 2. The Labute approximate surface area is 132 Å². The zero-order valence-corrected chi connectivity index (χ0v) is 13.4. The molecule has 120 valence electrons. The fourth-order valence-electron chi connectivity index (χ4n) is 2.94. The van der Waals surface area contributed by atoms with Gasteiger partial charge in [0.05, 0.1) is 0 Å². The Kier molecular flexibility index (Phi) is 6.44. The van der Waals surface area contributed by atoms with Gasteiger partial charge in [-0.3, -0.25) is 9.59 Å². The maximum atomic E-state index is 12.0. The molecule has 0 aromatic heterocycles. The Hall–Kier alpha value is -1.84. The first kappa shape index (κ1) is 16.5. The minimum atomic E-state index is -0.111. The van der Waals surface area contributed by atoms with Crippen molar-refractivity contribution < 1.29 is 9.59 Å². The minimum Gasteiger partial charge on any atom is -0.353 e. The van der Waals surface area contributed by atoms with Crippen LogP contribution in [0.5, 0.6) is 0 Å². The van der Waals surface area contributed by atoms with Crippen LogP contribution in [0.3, 0.4) is 0 Å². The van der Waals surface area contributed by atoms with Gasteiger partial charge in [-0.25, -0.2) is 0 Å². The number of aryl methyl sites for hydroxylation is 1. The van der Waals surface area contributed by atoms with Gasteiger partial charge < -0.3 is 10.6 Å². The van der Waals surface area contributed by atoms with E-state index in [1.165, 1.54) is 25.7 Å². The lowest BCUT2D eigenvalue weighted by atomic mass is 10.1. The van der Waals surface area contributed by atoms with Crippen molar-refractivity contribution in [1.29, 1.82) is 0 Å². The number of benzene rings is 1. The molecule has 22 heavy (non-hydrogen) atoms. The molecule has 4 nitrogen and oxygen atoms in total. The number of nitrogens with one attached hydrogen (secondary N) is 2. The van der Waals surface area contributed by atoms with E-state index in [-0.39, 0.29) is 11.8 Å². The summed E-state index contributed by atoms with van der Waals surface area (Å²) in [6.07, 6.45) is 7.47. The summed E-state index contributed by atoms with van der Waals surface area (Å²) in [6, 6.07) is 7.79. The zero-order valence-electron chi connectivity index (χ0n) is 13.4. The fourth-order valence-corrected chi connectivity index (χ4v) is 2.94. The minimum absolute atomic E-state index is 0.0389. The maximum Gasteiger partial charge on any atom is 0.251 e. The quantitative estimate of drug-likeness (QED) is 0.822. The average molecular weight is 302 g/mol. The summed E-state index contributed by atoms with van der Waals surface area (Å²) >= 11 is 0. The van der Waals surface area contributed by atoms with Crippen LogP contribution < -0.4 is 10.6 Å². The number of hydrogen-bond acceptors (Lipinski definition) is 2. The molecule has 0 unspecified atom stereocenters. The van der Waals surface area contributed by atoms with Crippen molar-refractivity contribution in [1.82, 2.24) is 10.6 Å². The highest BCUT2D eigenvalue weighted by Crippen LogP contribution is 2.17. The molecule has 0 heterocycles. The van der Waals surface area contributed by atoms with E-state index in [0.29, 0.717) is 24.6 Å². The Morgan fingerprint density at radius 3 is 2.45 bits per heavy atom. The highest BCUT2D eigenvalue weighted by Gasteiger charge is 2.15. The number of carbonyl (C=O) groups is 2. The molecule has 0 aliphatic heterocycles. The van der Waals surface area contributed by atoms with Crippen LogP contribution in [0.2, 0.25) is 0 Å². The summed E-state index contributed by atoms with van der Waals surface area (Å²) < 4.78 is 0. The summed E-state index contributed by atoms with van der Waals surface area (Å²) in [5, 5.41) is 5.91. The van der Waals surface area contributed by atoms with Crippen molar-refractivity contribution >= 4 is 11.8 Å². The van der Waals surface area contributed by atoms with Crippen molar-refractivity contribution in [2.24, 2.45) is 0 Å². The standard InChI is InChI=1S/C18H26N2O2/c1-14-8-6-7-11-16(14)18(22)19-13-12-17(21)20-15-9-4-2-3-5-10-15/h6-8,11,15H,2-5,9-10,12-13H2,1H3,(H,19,22)(H,20,21). The van der Waals surface area contributed by atoms with E-state index >= 15 is 0 Å². The van der Waals surface area contributed by atoms with Crippen molar-refractivity contribution in [2.45, 2.75) is 57.9 Å². The molecule has 1 aliphatic carbocycles. The first-order valence-electron chi connectivity index (χ1n) is 8.30. The van der Waals surface area contributed by atoms with E-state index in [9.17, 15) is 9.59 Å².